The Morgan fingerprint density at radius 2 is 1.00 bits per heavy atom. The van der Waals surface area contributed by atoms with Gasteiger partial charge in [-0.25, -0.2) is 0 Å². The van der Waals surface area contributed by atoms with Crippen LogP contribution in [0.1, 0.15) is 0 Å². The van der Waals surface area contributed by atoms with E-state index >= 15 is 0 Å². The summed E-state index contributed by atoms with van der Waals surface area (Å²) < 4.78 is 0. The van der Waals surface area contributed by atoms with E-state index in [1.807, 2.05) is 0 Å². The number of rotatable bonds is 0. The van der Waals surface area contributed by atoms with E-state index < -0.39 is 0 Å². The minimum Gasteiger partial charge on any atom is -0.577 e. The van der Waals surface area contributed by atoms with Crippen LogP contribution in [0.3, 0.4) is 0 Å². The normalized spacial score (nSPS) is 2.33. The molecule has 38 valence electrons. The Labute approximate surface area is 46.6 Å². The molecule has 0 aromatic heterocycles. The van der Waals surface area contributed by atoms with Crippen LogP contribution in [0.5, 0.6) is 0 Å². The van der Waals surface area contributed by atoms with Crippen molar-refractivity contribution in [1.29, 1.82) is 0 Å². The summed E-state index contributed by atoms with van der Waals surface area (Å²) in [5, 5.41) is 0. The van der Waals surface area contributed by atoms with Crippen molar-refractivity contribution in [3.63, 3.8) is 0 Å². The zero-order chi connectivity index (χ0) is 6.00. The number of nitroso groups, excluding NO2 is 2. The standard InChI is InChI=1S/ClH.Co.2NO/c;;2*1-2/h1H;;;/q;+3;2*-1/p-1. The quantitative estimate of drug-likeness (QED) is 0.527. The van der Waals surface area contributed by atoms with Crippen molar-refractivity contribution in [1.82, 2.24) is 0 Å². The van der Waals surface area contributed by atoms with Gasteiger partial charge in [0.05, 0.1) is 0 Å². The monoisotopic (exact) mass is 154 g/mol. The van der Waals surface area contributed by atoms with Crippen LogP contribution >= 0.6 is 10.1 Å². The zero-order valence-electron chi connectivity index (χ0n) is 2.42. The minimum absolute atomic E-state index is 3.03. The van der Waals surface area contributed by atoms with Gasteiger partial charge < -0.3 is 21.0 Å². The first kappa shape index (κ1) is 16.7. The third-order valence-electron chi connectivity index (χ3n) is 0. The molecule has 0 unspecified atom stereocenters. The molecule has 0 aliphatic rings. The van der Waals surface area contributed by atoms with Gasteiger partial charge in [0.2, 0.25) is 0 Å². The molecule has 0 bridgehead atoms. The number of nitrogens with zero attached hydrogens (tertiary/aromatic N) is 2. The van der Waals surface area contributed by atoms with Crippen LogP contribution in [-0.2, 0) is 14.8 Å². The van der Waals surface area contributed by atoms with Crippen LogP contribution < -0.4 is 0 Å². The van der Waals surface area contributed by atoms with Crippen molar-refractivity contribution >= 4 is 10.1 Å². The predicted molar refractivity (Wildman–Crippen MR) is 19.3 cm³/mol. The van der Waals surface area contributed by atoms with E-state index in [0.717, 1.165) is 0 Å². The average molecular weight is 154 g/mol. The summed E-state index contributed by atoms with van der Waals surface area (Å²) >= 11 is 3.03. The second kappa shape index (κ2) is 6490000. The molecule has 0 aliphatic carbocycles. The van der Waals surface area contributed by atoms with Crippen molar-refractivity contribution < 1.29 is 14.8 Å². The van der Waals surface area contributed by atoms with Crippen LogP contribution in [0, 0.1) is 9.81 Å². The maximum Gasteiger partial charge on any atom is -0.423 e. The molecule has 0 atom stereocenters. The zero-order valence-corrected chi connectivity index (χ0v) is 4.22. The van der Waals surface area contributed by atoms with E-state index in [1.165, 1.54) is 0 Å². The van der Waals surface area contributed by atoms with Gasteiger partial charge in [-0.2, -0.15) is 0 Å². The molecule has 0 amide bonds. The second-order valence-corrected chi connectivity index (χ2v) is 0. The van der Waals surface area contributed by atoms with E-state index in [0.29, 0.717) is 0 Å². The number of hydrogen-bond acceptors (Lipinski definition) is 2. The first-order valence-corrected chi connectivity index (χ1v) is 1.92. The summed E-state index contributed by atoms with van der Waals surface area (Å²) in [5.41, 5.74) is 11.5. The third kappa shape index (κ3) is 2920000. The topological polar surface area (TPSA) is 78.7 Å². The summed E-state index contributed by atoms with van der Waals surface area (Å²) in [6.45, 7) is 0. The minimum atomic E-state index is 3.03. The first-order valence-electron chi connectivity index (χ1n) is 0.491. The van der Waals surface area contributed by atoms with Gasteiger partial charge >= 0.3 is 25.0 Å². The van der Waals surface area contributed by atoms with Crippen LogP contribution in [0.4, 0.5) is 0 Å². The fourth-order valence-corrected chi connectivity index (χ4v) is 0. The van der Waals surface area contributed by atoms with Crippen LogP contribution in [0.15, 0.2) is 0 Å². The van der Waals surface area contributed by atoms with Gasteiger partial charge in [-0.05, 0) is 0 Å². The van der Waals surface area contributed by atoms with Gasteiger partial charge in [-0.1, -0.05) is 0 Å². The molecule has 0 spiro atoms. The molecule has 0 aliphatic heterocycles. The van der Waals surface area contributed by atoms with E-state index in [1.54, 1.807) is 0 Å². The summed E-state index contributed by atoms with van der Waals surface area (Å²) in [4.78, 5) is 14.5. The maximum atomic E-state index is 7.25. The van der Waals surface area contributed by atoms with Crippen molar-refractivity contribution in [2.24, 2.45) is 0 Å². The predicted octanol–water partition coefficient (Wildman–Crippen LogP) is 1.33. The molecule has 0 heterocycles. The van der Waals surface area contributed by atoms with Crippen molar-refractivity contribution in [2.75, 3.05) is 0 Å². The maximum absolute atomic E-state index is 7.25. The molecule has 4 nitrogen and oxygen atoms in total. The Morgan fingerprint density at radius 3 is 1.00 bits per heavy atom. The van der Waals surface area contributed by atoms with Crippen molar-refractivity contribution in [2.45, 2.75) is 0 Å². The third-order valence-corrected chi connectivity index (χ3v) is 0. The van der Waals surface area contributed by atoms with Crippen LogP contribution in [0.2, 0.25) is 0 Å². The molecule has 0 fully saturated rings. The molecule has 0 saturated heterocycles. The molecule has 0 radical (unpaired) electrons. The average Bonchev–Trinajstić information content (AvgIpc) is 1.81. The van der Waals surface area contributed by atoms with Crippen LogP contribution in [0.25, 0.3) is 11.2 Å². The fraction of sp³-hybridized carbons (Fsp3) is 0. The Kier molecular flexibility index (Phi) is 18000000. The molecule has 0 aromatic rings. The Bertz CT molecular complexity index is 13.5. The molecule has 6 heavy (non-hydrogen) atoms. The van der Waals surface area contributed by atoms with Gasteiger partial charge in [-0.3, -0.25) is 0 Å². The molecule has 0 aromatic carbocycles. The van der Waals surface area contributed by atoms with Gasteiger partial charge in [0.25, 0.3) is 0 Å². The number of hydrogen-bond donors (Lipinski definition) is 0. The van der Waals surface area contributed by atoms with E-state index in [2.05, 4.69) is 25.0 Å². The fourth-order valence-electron chi connectivity index (χ4n) is 0. The Hall–Kier alpha value is -0.00351. The SMILES string of the molecule is [Cl][Co+2].[N-]=O.[N-]=O. The van der Waals surface area contributed by atoms with E-state index in [4.69, 9.17) is 21.0 Å². The van der Waals surface area contributed by atoms with Crippen molar-refractivity contribution in [3.05, 3.63) is 21.0 Å². The van der Waals surface area contributed by atoms with E-state index in [-0.39, 0.29) is 0 Å². The molecule has 0 rings (SSSR count). The first-order chi connectivity index (χ1) is 3.00. The molecular formula is ClCoN2O2. The van der Waals surface area contributed by atoms with Gasteiger partial charge in [0.1, 0.15) is 0 Å². The Balaban J connectivity index is -0.0000000225. The number of halogens is 1. The summed E-state index contributed by atoms with van der Waals surface area (Å²) in [6.07, 6.45) is 0. The van der Waals surface area contributed by atoms with Gasteiger partial charge in [0.15, 0.2) is 0 Å². The summed E-state index contributed by atoms with van der Waals surface area (Å²) in [6, 6.07) is 0. The van der Waals surface area contributed by atoms with Gasteiger partial charge in [-0.15, -0.1) is 0 Å². The summed E-state index contributed by atoms with van der Waals surface area (Å²) in [5.74, 6) is 0. The van der Waals surface area contributed by atoms with E-state index in [9.17, 15) is 0 Å². The largest absolute Gasteiger partial charge is 0.577 e. The second-order valence-electron chi connectivity index (χ2n) is 0. The molecule has 6 heteroatoms. The Morgan fingerprint density at radius 1 is 1.00 bits per heavy atom. The molecule has 0 N–H and O–H groups in total. The molecular weight excluding hydrogens is 154 g/mol. The van der Waals surface area contributed by atoms with Crippen LogP contribution in [-0.4, -0.2) is 0 Å². The van der Waals surface area contributed by atoms with Crippen molar-refractivity contribution in [3.8, 4) is 0 Å². The summed E-state index contributed by atoms with van der Waals surface area (Å²) in [7, 11) is 4.33. The smallest absolute Gasteiger partial charge is 0.423 e. The molecule has 0 saturated carbocycles. The van der Waals surface area contributed by atoms with Gasteiger partial charge in [0, 0.05) is 0 Å².